The first-order chi connectivity index (χ1) is 10.8. The number of benzene rings is 1. The van der Waals surface area contributed by atoms with E-state index in [1.54, 1.807) is 5.56 Å². The van der Waals surface area contributed by atoms with Crippen LogP contribution in [0.5, 0.6) is 0 Å². The zero-order chi connectivity index (χ0) is 17.0. The molecule has 0 radical (unpaired) electrons. The molecule has 1 fully saturated rings. The van der Waals surface area contributed by atoms with Crippen LogP contribution in [0.2, 0.25) is 0 Å². The van der Waals surface area contributed by atoms with Gasteiger partial charge in [-0.1, -0.05) is 37.6 Å². The molecule has 0 aliphatic heterocycles. The molecule has 2 heteroatoms. The Morgan fingerprint density at radius 2 is 1.91 bits per heavy atom. The average Bonchev–Trinajstić information content (AvgIpc) is 2.46. The normalized spacial score (nSPS) is 25.8. The first kappa shape index (κ1) is 18.5. The van der Waals surface area contributed by atoms with Gasteiger partial charge in [0.05, 0.1) is 0 Å². The quantitative estimate of drug-likeness (QED) is 0.854. The van der Waals surface area contributed by atoms with E-state index in [1.165, 1.54) is 37.7 Å². The summed E-state index contributed by atoms with van der Waals surface area (Å²) in [5.41, 5.74) is 3.24. The summed E-state index contributed by atoms with van der Waals surface area (Å²) in [5.74, 6) is 0.706. The van der Waals surface area contributed by atoms with Crippen LogP contribution in [0.15, 0.2) is 24.3 Å². The summed E-state index contributed by atoms with van der Waals surface area (Å²) < 4.78 is 0. The molecule has 1 saturated carbocycles. The lowest BCUT2D eigenvalue weighted by Crippen LogP contribution is -2.55. The number of rotatable bonds is 5. The second kappa shape index (κ2) is 7.81. The Balaban J connectivity index is 2.11. The van der Waals surface area contributed by atoms with Crippen LogP contribution >= 0.6 is 0 Å². The largest absolute Gasteiger partial charge is 0.308 e. The Hall–Kier alpha value is -0.860. The van der Waals surface area contributed by atoms with Crippen LogP contribution < -0.4 is 5.32 Å². The van der Waals surface area contributed by atoms with E-state index in [2.05, 4.69) is 76.3 Å². The molecule has 3 atom stereocenters. The smallest absolute Gasteiger partial charge is 0.0249 e. The first-order valence-electron chi connectivity index (χ1n) is 9.33. The van der Waals surface area contributed by atoms with Gasteiger partial charge in [-0.15, -0.1) is 0 Å². The molecule has 0 spiro atoms. The monoisotopic (exact) mass is 316 g/mol. The number of nitrogens with zero attached hydrogens (tertiary/aromatic N) is 1. The van der Waals surface area contributed by atoms with Gasteiger partial charge in [0.2, 0.25) is 0 Å². The summed E-state index contributed by atoms with van der Waals surface area (Å²) in [7, 11) is 4.47. The fraction of sp³-hybridized carbons (Fsp3) is 0.714. The van der Waals surface area contributed by atoms with Gasteiger partial charge < -0.3 is 10.2 Å². The molecule has 1 N–H and O–H groups in total. The first-order valence-corrected chi connectivity index (χ1v) is 9.33. The Morgan fingerprint density at radius 1 is 1.17 bits per heavy atom. The van der Waals surface area contributed by atoms with Crippen LogP contribution in [-0.2, 0) is 6.42 Å². The van der Waals surface area contributed by atoms with Gasteiger partial charge in [-0.25, -0.2) is 0 Å². The van der Waals surface area contributed by atoms with Crippen LogP contribution in [0.3, 0.4) is 0 Å². The molecule has 23 heavy (non-hydrogen) atoms. The van der Waals surface area contributed by atoms with Gasteiger partial charge >= 0.3 is 0 Å². The van der Waals surface area contributed by atoms with Crippen molar-refractivity contribution in [3.05, 3.63) is 35.4 Å². The molecular weight excluding hydrogens is 280 g/mol. The molecule has 0 amide bonds. The lowest BCUT2D eigenvalue weighted by atomic mass is 9.77. The van der Waals surface area contributed by atoms with Crippen LogP contribution in [0, 0.1) is 0 Å². The third kappa shape index (κ3) is 5.32. The Kier molecular flexibility index (Phi) is 6.27. The van der Waals surface area contributed by atoms with E-state index in [0.29, 0.717) is 18.0 Å². The third-order valence-corrected chi connectivity index (χ3v) is 5.06. The van der Waals surface area contributed by atoms with Crippen LogP contribution in [0.4, 0.5) is 0 Å². The van der Waals surface area contributed by atoms with Crippen molar-refractivity contribution in [1.82, 2.24) is 10.2 Å². The van der Waals surface area contributed by atoms with Gasteiger partial charge in [0, 0.05) is 17.6 Å². The molecule has 1 aromatic carbocycles. The predicted octanol–water partition coefficient (Wildman–Crippen LogP) is 4.59. The van der Waals surface area contributed by atoms with Crippen LogP contribution in [0.1, 0.15) is 70.4 Å². The lowest BCUT2D eigenvalue weighted by Gasteiger charge is -2.43. The van der Waals surface area contributed by atoms with Gasteiger partial charge in [0.1, 0.15) is 0 Å². The number of nitrogens with one attached hydrogen (secondary N) is 1. The van der Waals surface area contributed by atoms with E-state index in [4.69, 9.17) is 0 Å². The van der Waals surface area contributed by atoms with Crippen molar-refractivity contribution in [1.29, 1.82) is 0 Å². The Bertz CT molecular complexity index is 487. The van der Waals surface area contributed by atoms with Gasteiger partial charge in [-0.05, 0) is 77.6 Å². The topological polar surface area (TPSA) is 15.3 Å². The highest BCUT2D eigenvalue weighted by molar-refractivity contribution is 5.27. The molecule has 2 rings (SSSR count). The fourth-order valence-electron chi connectivity index (χ4n) is 4.04. The number of aryl methyl sites for hydroxylation is 1. The number of hydrogen-bond donors (Lipinski definition) is 1. The maximum absolute atomic E-state index is 3.85. The highest BCUT2D eigenvalue weighted by Gasteiger charge is 2.34. The second-order valence-electron chi connectivity index (χ2n) is 8.54. The van der Waals surface area contributed by atoms with E-state index < -0.39 is 0 Å². The maximum atomic E-state index is 3.85. The van der Waals surface area contributed by atoms with E-state index in [1.807, 2.05) is 0 Å². The molecule has 0 saturated heterocycles. The van der Waals surface area contributed by atoms with Crippen molar-refractivity contribution < 1.29 is 0 Å². The molecule has 0 unspecified atom stereocenters. The molecule has 130 valence electrons. The van der Waals surface area contributed by atoms with Crippen LogP contribution in [-0.4, -0.2) is 36.6 Å². The molecule has 0 bridgehead atoms. The van der Waals surface area contributed by atoms with Crippen molar-refractivity contribution in [3.63, 3.8) is 0 Å². The SMILES string of the molecule is CCCc1cccc([C@H]2CC[C@H](NC(C)(C)C)[C@@H](N(C)C)C2)c1. The van der Waals surface area contributed by atoms with Crippen molar-refractivity contribution in [2.24, 2.45) is 0 Å². The van der Waals surface area contributed by atoms with Crippen molar-refractivity contribution in [2.75, 3.05) is 14.1 Å². The molecule has 0 aromatic heterocycles. The summed E-state index contributed by atoms with van der Waals surface area (Å²) in [6.45, 7) is 9.10. The summed E-state index contributed by atoms with van der Waals surface area (Å²) in [5, 5.41) is 3.85. The van der Waals surface area contributed by atoms with Gasteiger partial charge in [0.15, 0.2) is 0 Å². The number of likely N-dealkylation sites (N-methyl/N-ethyl adjacent to an activating group) is 1. The number of hydrogen-bond acceptors (Lipinski definition) is 2. The molecule has 0 heterocycles. The van der Waals surface area contributed by atoms with Crippen molar-refractivity contribution in [3.8, 4) is 0 Å². The van der Waals surface area contributed by atoms with E-state index in [9.17, 15) is 0 Å². The summed E-state index contributed by atoms with van der Waals surface area (Å²) >= 11 is 0. The minimum absolute atomic E-state index is 0.187. The summed E-state index contributed by atoms with van der Waals surface area (Å²) in [6.07, 6.45) is 6.25. The van der Waals surface area contributed by atoms with E-state index in [0.717, 1.165) is 0 Å². The molecule has 1 aliphatic rings. The Labute approximate surface area is 143 Å². The summed E-state index contributed by atoms with van der Waals surface area (Å²) in [6, 6.07) is 10.5. The molecule has 1 aromatic rings. The minimum atomic E-state index is 0.187. The molecule has 1 aliphatic carbocycles. The zero-order valence-electron chi connectivity index (χ0n) is 16.0. The van der Waals surface area contributed by atoms with Gasteiger partial charge in [0.25, 0.3) is 0 Å². The van der Waals surface area contributed by atoms with Gasteiger partial charge in [-0.3, -0.25) is 0 Å². The maximum Gasteiger partial charge on any atom is 0.0249 e. The van der Waals surface area contributed by atoms with E-state index in [-0.39, 0.29) is 5.54 Å². The highest BCUT2D eigenvalue weighted by Crippen LogP contribution is 2.35. The minimum Gasteiger partial charge on any atom is -0.308 e. The predicted molar refractivity (Wildman–Crippen MR) is 101 cm³/mol. The standard InChI is InChI=1S/C21H36N2/c1-7-9-16-10-8-11-17(14-16)18-12-13-19(22-21(2,3)4)20(15-18)23(5)6/h8,10-11,14,18-20,22H,7,9,12-13,15H2,1-6H3/t18-,19-,20-/m0/s1. The third-order valence-electron chi connectivity index (χ3n) is 5.06. The van der Waals surface area contributed by atoms with Crippen molar-refractivity contribution in [2.45, 2.75) is 83.3 Å². The van der Waals surface area contributed by atoms with E-state index >= 15 is 0 Å². The molecular formula is C21H36N2. The summed E-state index contributed by atoms with van der Waals surface area (Å²) in [4.78, 5) is 2.42. The molecule has 2 nitrogen and oxygen atoms in total. The average molecular weight is 317 g/mol. The lowest BCUT2D eigenvalue weighted by molar-refractivity contribution is 0.143. The second-order valence-corrected chi connectivity index (χ2v) is 8.54. The highest BCUT2D eigenvalue weighted by atomic mass is 15.2. The zero-order valence-corrected chi connectivity index (χ0v) is 16.0. The van der Waals surface area contributed by atoms with Crippen molar-refractivity contribution >= 4 is 0 Å². The Morgan fingerprint density at radius 3 is 2.52 bits per heavy atom. The fourth-order valence-corrected chi connectivity index (χ4v) is 4.04. The van der Waals surface area contributed by atoms with Gasteiger partial charge in [-0.2, -0.15) is 0 Å². The van der Waals surface area contributed by atoms with Crippen LogP contribution in [0.25, 0.3) is 0 Å².